The molecule has 1 radical (unpaired) electrons. The lowest BCUT2D eigenvalue weighted by Crippen LogP contribution is -2.38. The summed E-state index contributed by atoms with van der Waals surface area (Å²) in [5.74, 6) is -1.08. The van der Waals surface area contributed by atoms with E-state index in [-0.39, 0.29) is 5.91 Å². The van der Waals surface area contributed by atoms with Crippen LogP contribution in [0.1, 0.15) is 19.8 Å². The van der Waals surface area contributed by atoms with Crippen molar-refractivity contribution in [3.05, 3.63) is 0 Å². The summed E-state index contributed by atoms with van der Waals surface area (Å²) in [4.78, 5) is 20.1. The molecule has 0 aromatic rings. The van der Waals surface area contributed by atoms with Gasteiger partial charge in [-0.1, -0.05) is 30.1 Å². The molecule has 0 aliphatic rings. The van der Waals surface area contributed by atoms with Gasteiger partial charge >= 0.3 is 0 Å². The molecule has 0 aromatic carbocycles. The van der Waals surface area contributed by atoms with E-state index in [1.807, 2.05) is 12.3 Å². The molecule has 0 fully saturated rings. The first-order valence-corrected chi connectivity index (χ1v) is 4.26. The highest BCUT2D eigenvalue weighted by Crippen LogP contribution is 1.99. The highest BCUT2D eigenvalue weighted by Gasteiger charge is 2.12. The van der Waals surface area contributed by atoms with Gasteiger partial charge in [0.1, 0.15) is 0 Å². The van der Waals surface area contributed by atoms with Gasteiger partial charge in [0, 0.05) is 6.42 Å². The Hall–Kier alpha value is -0.480. The summed E-state index contributed by atoms with van der Waals surface area (Å²) in [6.45, 7) is 1.83. The quantitative estimate of drug-likeness (QED) is 0.554. The molecule has 2 amide bonds. The zero-order valence-corrected chi connectivity index (χ0v) is 8.02. The van der Waals surface area contributed by atoms with Crippen LogP contribution in [0.5, 0.6) is 0 Å². The predicted octanol–water partition coefficient (Wildman–Crippen LogP) is 0.752. The second-order valence-electron chi connectivity index (χ2n) is 2.03. The van der Waals surface area contributed by atoms with Crippen molar-refractivity contribution in [3.63, 3.8) is 0 Å². The Kier molecular flexibility index (Phi) is 5.84. The minimum Gasteiger partial charge on any atom is -0.271 e. The fourth-order valence-electron chi connectivity index (χ4n) is 0.436. The molecule has 0 saturated carbocycles. The van der Waals surface area contributed by atoms with Crippen LogP contribution >= 0.6 is 23.2 Å². The van der Waals surface area contributed by atoms with E-state index in [1.54, 1.807) is 0 Å². The molecule has 12 heavy (non-hydrogen) atoms. The third-order valence-electron chi connectivity index (χ3n) is 0.953. The van der Waals surface area contributed by atoms with E-state index in [2.05, 4.69) is 5.43 Å². The van der Waals surface area contributed by atoms with Crippen LogP contribution in [0.25, 0.3) is 0 Å². The van der Waals surface area contributed by atoms with Crippen molar-refractivity contribution in [1.29, 1.82) is 0 Å². The Labute approximate surface area is 80.6 Å². The molecule has 4 nitrogen and oxygen atoms in total. The van der Waals surface area contributed by atoms with Crippen LogP contribution in [-0.4, -0.2) is 16.7 Å². The summed E-state index contributed by atoms with van der Waals surface area (Å²) in [7, 11) is 0. The van der Waals surface area contributed by atoms with Crippen LogP contribution in [0.3, 0.4) is 0 Å². The molecule has 0 spiro atoms. The van der Waals surface area contributed by atoms with Crippen molar-refractivity contribution < 1.29 is 9.59 Å². The summed E-state index contributed by atoms with van der Waals surface area (Å²) in [5.41, 5.74) is 5.17. The van der Waals surface area contributed by atoms with E-state index >= 15 is 0 Å². The summed E-state index contributed by atoms with van der Waals surface area (Å²) >= 11 is 10.3. The van der Waals surface area contributed by atoms with Crippen molar-refractivity contribution >= 4 is 35.0 Å². The Morgan fingerprint density at radius 1 is 1.50 bits per heavy atom. The molecule has 0 heterocycles. The van der Waals surface area contributed by atoms with Gasteiger partial charge < -0.3 is 0 Å². The van der Waals surface area contributed by atoms with Crippen LogP contribution in [-0.2, 0) is 9.59 Å². The Balaban J connectivity index is 3.54. The number of nitrogens with zero attached hydrogens (tertiary/aromatic N) is 1. The molecule has 0 aliphatic heterocycles. The third-order valence-corrected chi connectivity index (χ3v) is 1.35. The second-order valence-corrected chi connectivity index (χ2v) is 3.13. The molecular weight excluding hydrogens is 203 g/mol. The summed E-state index contributed by atoms with van der Waals surface area (Å²) in [5, 5.41) is 0. The van der Waals surface area contributed by atoms with Gasteiger partial charge in [0.25, 0.3) is 11.8 Å². The lowest BCUT2D eigenvalue weighted by Gasteiger charge is -2.02. The Bertz CT molecular complexity index is 173. The summed E-state index contributed by atoms with van der Waals surface area (Å²) in [6.07, 6.45) is 0.985. The molecule has 1 N–H and O–H groups in total. The van der Waals surface area contributed by atoms with Gasteiger partial charge in [0.2, 0.25) is 0 Å². The van der Waals surface area contributed by atoms with Crippen LogP contribution in [0, 0.1) is 0 Å². The van der Waals surface area contributed by atoms with Crippen LogP contribution < -0.4 is 10.9 Å². The number of halogens is 2. The average Bonchev–Trinajstić information content (AvgIpc) is 2.00. The fraction of sp³-hybridized carbons (Fsp3) is 0.667. The smallest absolute Gasteiger partial charge is 0.271 e. The maximum atomic E-state index is 10.7. The molecule has 0 bridgehead atoms. The average molecular weight is 212 g/mol. The molecule has 69 valence electrons. The number of carbonyl (C=O) groups is 2. The van der Waals surface area contributed by atoms with E-state index in [0.717, 1.165) is 0 Å². The topological polar surface area (TPSA) is 60.3 Å². The normalized spacial score (nSPS) is 9.67. The van der Waals surface area contributed by atoms with Crippen LogP contribution in [0.2, 0.25) is 0 Å². The molecule has 0 unspecified atom stereocenters. The lowest BCUT2D eigenvalue weighted by atomic mass is 10.3. The molecule has 0 atom stereocenters. The summed E-state index contributed by atoms with van der Waals surface area (Å²) in [6, 6.07) is 0. The van der Waals surface area contributed by atoms with Gasteiger partial charge in [0.15, 0.2) is 4.84 Å². The van der Waals surface area contributed by atoms with Crippen LogP contribution in [0.15, 0.2) is 0 Å². The van der Waals surface area contributed by atoms with Crippen LogP contribution in [0.4, 0.5) is 0 Å². The van der Waals surface area contributed by atoms with Gasteiger partial charge in [-0.3, -0.25) is 9.59 Å². The Morgan fingerprint density at radius 2 is 2.08 bits per heavy atom. The maximum absolute atomic E-state index is 10.7. The monoisotopic (exact) mass is 211 g/mol. The Morgan fingerprint density at radius 3 is 2.50 bits per heavy atom. The maximum Gasteiger partial charge on any atom is 0.273 e. The van der Waals surface area contributed by atoms with E-state index in [0.29, 0.717) is 12.8 Å². The standard InChI is InChI=1S/C6H9Cl2N2O2/c1-2-3-4(11)9-10-6(12)5(7)8/h5H,2-3H2,1H3,(H,10,12). The minimum atomic E-state index is -1.19. The third kappa shape index (κ3) is 5.21. The van der Waals surface area contributed by atoms with Gasteiger partial charge in [0.05, 0.1) is 0 Å². The number of amides is 2. The largest absolute Gasteiger partial charge is 0.273 e. The number of carbonyl (C=O) groups excluding carboxylic acids is 2. The van der Waals surface area contributed by atoms with Crippen molar-refractivity contribution in [2.75, 3.05) is 0 Å². The fourth-order valence-corrected chi connectivity index (χ4v) is 0.534. The molecule has 0 saturated heterocycles. The van der Waals surface area contributed by atoms with E-state index in [9.17, 15) is 9.59 Å². The highest BCUT2D eigenvalue weighted by molar-refractivity contribution is 6.53. The first-order valence-electron chi connectivity index (χ1n) is 3.39. The summed E-state index contributed by atoms with van der Waals surface area (Å²) < 4.78 is 0. The van der Waals surface area contributed by atoms with Crippen molar-refractivity contribution in [2.45, 2.75) is 24.6 Å². The van der Waals surface area contributed by atoms with Gasteiger partial charge in [-0.15, -0.1) is 5.43 Å². The number of rotatable bonds is 3. The van der Waals surface area contributed by atoms with E-state index < -0.39 is 10.7 Å². The van der Waals surface area contributed by atoms with Gasteiger partial charge in [-0.25, -0.2) is 5.43 Å². The molecule has 0 aromatic heterocycles. The number of nitrogens with one attached hydrogen (secondary N) is 1. The molecule has 0 aliphatic carbocycles. The predicted molar refractivity (Wildman–Crippen MR) is 45.7 cm³/mol. The number of alkyl halides is 2. The first-order chi connectivity index (χ1) is 5.57. The first kappa shape index (κ1) is 11.5. The molecule has 6 heteroatoms. The number of hydrogen-bond acceptors (Lipinski definition) is 2. The number of hydrogen-bond donors (Lipinski definition) is 1. The second kappa shape index (κ2) is 6.08. The van der Waals surface area contributed by atoms with Gasteiger partial charge in [-0.2, -0.15) is 0 Å². The zero-order valence-electron chi connectivity index (χ0n) is 6.51. The van der Waals surface area contributed by atoms with E-state index in [1.165, 1.54) is 0 Å². The van der Waals surface area contributed by atoms with Crippen molar-refractivity contribution in [2.24, 2.45) is 0 Å². The molecule has 0 rings (SSSR count). The highest BCUT2D eigenvalue weighted by atomic mass is 35.5. The van der Waals surface area contributed by atoms with Crippen molar-refractivity contribution in [1.82, 2.24) is 10.9 Å². The molecular formula is C6H9Cl2N2O2. The lowest BCUT2D eigenvalue weighted by molar-refractivity contribution is -0.128. The van der Waals surface area contributed by atoms with E-state index in [4.69, 9.17) is 23.2 Å². The van der Waals surface area contributed by atoms with Gasteiger partial charge in [-0.05, 0) is 6.42 Å². The zero-order chi connectivity index (χ0) is 9.56. The minimum absolute atomic E-state index is 0.301. The van der Waals surface area contributed by atoms with Crippen molar-refractivity contribution in [3.8, 4) is 0 Å². The SMILES string of the molecule is CCCC(=O)[N]NC(=O)C(Cl)Cl.